The third kappa shape index (κ3) is 3.96. The molecule has 0 bridgehead atoms. The Morgan fingerprint density at radius 2 is 1.58 bits per heavy atom. The van der Waals surface area contributed by atoms with Crippen LogP contribution in [-0.2, 0) is 0 Å². The summed E-state index contributed by atoms with van der Waals surface area (Å²) in [7, 11) is 1.59. The van der Waals surface area contributed by atoms with E-state index in [2.05, 4.69) is 22.6 Å². The maximum absolute atomic E-state index is 11.9. The number of rotatable bonds is 5. The second-order valence-electron chi connectivity index (χ2n) is 3.89. The van der Waals surface area contributed by atoms with Crippen LogP contribution in [0.2, 0.25) is 0 Å². The first kappa shape index (κ1) is 13.9. The van der Waals surface area contributed by atoms with Crippen LogP contribution >= 0.6 is 22.6 Å². The molecule has 0 unspecified atom stereocenters. The Kier molecular flexibility index (Phi) is 4.79. The highest BCUT2D eigenvalue weighted by Gasteiger charge is 2.07. The Hall–Kier alpha value is -1.56. The molecule has 0 amide bonds. The smallest absolute Gasteiger partial charge is 0.200 e. The van der Waals surface area contributed by atoms with Crippen LogP contribution in [0.5, 0.6) is 11.5 Å². The van der Waals surface area contributed by atoms with E-state index in [0.717, 1.165) is 9.32 Å². The lowest BCUT2D eigenvalue weighted by Gasteiger charge is -2.06. The number of Topliss-reactive ketones (excluding diaryl/α,β-unsaturated/α-hetero) is 1. The average molecular weight is 368 g/mol. The molecule has 2 aromatic carbocycles. The summed E-state index contributed by atoms with van der Waals surface area (Å²) in [6, 6.07) is 14.6. The Morgan fingerprint density at radius 1 is 1.00 bits per heavy atom. The van der Waals surface area contributed by atoms with Gasteiger partial charge in [-0.1, -0.05) is 0 Å². The molecule has 19 heavy (non-hydrogen) atoms. The lowest BCUT2D eigenvalue weighted by Crippen LogP contribution is -2.11. The topological polar surface area (TPSA) is 35.5 Å². The molecule has 0 fully saturated rings. The predicted molar refractivity (Wildman–Crippen MR) is 82.0 cm³/mol. The summed E-state index contributed by atoms with van der Waals surface area (Å²) >= 11 is 2.22. The Bertz CT molecular complexity index is 547. The van der Waals surface area contributed by atoms with Gasteiger partial charge in [-0.05, 0) is 71.1 Å². The van der Waals surface area contributed by atoms with E-state index < -0.39 is 0 Å². The van der Waals surface area contributed by atoms with E-state index in [1.165, 1.54) is 0 Å². The van der Waals surface area contributed by atoms with Gasteiger partial charge in [0.1, 0.15) is 11.5 Å². The molecule has 0 aliphatic heterocycles. The third-order valence-electron chi connectivity index (χ3n) is 2.60. The zero-order chi connectivity index (χ0) is 13.7. The highest BCUT2D eigenvalue weighted by molar-refractivity contribution is 14.1. The zero-order valence-corrected chi connectivity index (χ0v) is 12.6. The van der Waals surface area contributed by atoms with Crippen molar-refractivity contribution in [2.45, 2.75) is 0 Å². The van der Waals surface area contributed by atoms with Gasteiger partial charge in [-0.3, -0.25) is 4.79 Å². The van der Waals surface area contributed by atoms with E-state index >= 15 is 0 Å². The standard InChI is InChI=1S/C15H13IO3/c1-18-13-6-2-11(3-7-13)15(17)10-19-14-8-4-12(16)5-9-14/h2-9H,10H2,1H3. The van der Waals surface area contributed by atoms with Gasteiger partial charge in [0.15, 0.2) is 12.4 Å². The maximum atomic E-state index is 11.9. The normalized spacial score (nSPS) is 10.0. The predicted octanol–water partition coefficient (Wildman–Crippen LogP) is 3.56. The van der Waals surface area contributed by atoms with Gasteiger partial charge in [0.25, 0.3) is 0 Å². The Labute approximate surface area is 125 Å². The van der Waals surface area contributed by atoms with Crippen molar-refractivity contribution in [3.05, 3.63) is 57.7 Å². The van der Waals surface area contributed by atoms with E-state index in [1.54, 1.807) is 31.4 Å². The number of halogens is 1. The Morgan fingerprint density at radius 3 is 2.16 bits per heavy atom. The van der Waals surface area contributed by atoms with E-state index in [4.69, 9.17) is 9.47 Å². The number of methoxy groups -OCH3 is 1. The number of carbonyl (C=O) groups is 1. The molecule has 0 atom stereocenters. The Balaban J connectivity index is 1.95. The van der Waals surface area contributed by atoms with Gasteiger partial charge in [-0.2, -0.15) is 0 Å². The van der Waals surface area contributed by atoms with Crippen LogP contribution in [0.25, 0.3) is 0 Å². The molecule has 0 saturated heterocycles. The van der Waals surface area contributed by atoms with Gasteiger partial charge in [-0.25, -0.2) is 0 Å². The maximum Gasteiger partial charge on any atom is 0.200 e. The van der Waals surface area contributed by atoms with Crippen molar-refractivity contribution >= 4 is 28.4 Å². The molecule has 2 aromatic rings. The minimum absolute atomic E-state index is 0.0346. The van der Waals surface area contributed by atoms with Crippen LogP contribution < -0.4 is 9.47 Å². The van der Waals surface area contributed by atoms with Crippen LogP contribution in [0.3, 0.4) is 0 Å². The summed E-state index contributed by atoms with van der Waals surface area (Å²) in [5.41, 5.74) is 0.617. The number of benzene rings is 2. The molecule has 98 valence electrons. The molecule has 0 aliphatic carbocycles. The molecular weight excluding hydrogens is 355 g/mol. The number of ketones is 1. The number of hydrogen-bond acceptors (Lipinski definition) is 3. The molecule has 0 radical (unpaired) electrons. The minimum atomic E-state index is -0.0544. The monoisotopic (exact) mass is 368 g/mol. The molecule has 4 heteroatoms. The SMILES string of the molecule is COc1ccc(C(=O)COc2ccc(I)cc2)cc1. The second kappa shape index (κ2) is 6.56. The van der Waals surface area contributed by atoms with Crippen molar-refractivity contribution in [3.63, 3.8) is 0 Å². The summed E-state index contributed by atoms with van der Waals surface area (Å²) in [5.74, 6) is 1.37. The summed E-state index contributed by atoms with van der Waals surface area (Å²) in [4.78, 5) is 11.9. The first-order valence-electron chi connectivity index (χ1n) is 5.74. The second-order valence-corrected chi connectivity index (χ2v) is 5.14. The van der Waals surface area contributed by atoms with Crippen molar-refractivity contribution in [2.75, 3.05) is 13.7 Å². The lowest BCUT2D eigenvalue weighted by atomic mass is 10.1. The molecular formula is C15H13IO3. The lowest BCUT2D eigenvalue weighted by molar-refractivity contribution is 0.0921. The molecule has 0 heterocycles. The molecule has 0 aliphatic rings. The van der Waals surface area contributed by atoms with Crippen molar-refractivity contribution in [1.82, 2.24) is 0 Å². The van der Waals surface area contributed by atoms with Crippen molar-refractivity contribution < 1.29 is 14.3 Å². The summed E-state index contributed by atoms with van der Waals surface area (Å²) < 4.78 is 11.6. The van der Waals surface area contributed by atoms with Gasteiger partial charge < -0.3 is 9.47 Å². The molecule has 3 nitrogen and oxygen atoms in total. The van der Waals surface area contributed by atoms with E-state index in [9.17, 15) is 4.79 Å². The molecule has 2 rings (SSSR count). The minimum Gasteiger partial charge on any atom is -0.497 e. The molecule has 0 N–H and O–H groups in total. The number of hydrogen-bond donors (Lipinski definition) is 0. The fourth-order valence-corrected chi connectivity index (χ4v) is 1.90. The fourth-order valence-electron chi connectivity index (χ4n) is 1.54. The first-order valence-corrected chi connectivity index (χ1v) is 6.82. The van der Waals surface area contributed by atoms with Gasteiger partial charge in [0.2, 0.25) is 0 Å². The quantitative estimate of drug-likeness (QED) is 0.598. The number of ether oxygens (including phenoxy) is 2. The summed E-state index contributed by atoms with van der Waals surface area (Å²) in [6.07, 6.45) is 0. The van der Waals surface area contributed by atoms with Crippen molar-refractivity contribution in [2.24, 2.45) is 0 Å². The molecule has 0 aromatic heterocycles. The fraction of sp³-hybridized carbons (Fsp3) is 0.133. The van der Waals surface area contributed by atoms with E-state index in [0.29, 0.717) is 11.3 Å². The summed E-state index contributed by atoms with van der Waals surface area (Å²) in [6.45, 7) is 0.0346. The third-order valence-corrected chi connectivity index (χ3v) is 3.31. The molecule has 0 spiro atoms. The van der Waals surface area contributed by atoms with E-state index in [1.807, 2.05) is 24.3 Å². The summed E-state index contributed by atoms with van der Waals surface area (Å²) in [5, 5.41) is 0. The van der Waals surface area contributed by atoms with Crippen molar-refractivity contribution in [3.8, 4) is 11.5 Å². The highest BCUT2D eigenvalue weighted by atomic mass is 127. The molecule has 0 saturated carbocycles. The van der Waals surface area contributed by atoms with Gasteiger partial charge >= 0.3 is 0 Å². The van der Waals surface area contributed by atoms with E-state index in [-0.39, 0.29) is 12.4 Å². The first-order chi connectivity index (χ1) is 9.19. The van der Waals surface area contributed by atoms with Gasteiger partial charge in [0, 0.05) is 9.13 Å². The van der Waals surface area contributed by atoms with Crippen LogP contribution in [0, 0.1) is 3.57 Å². The van der Waals surface area contributed by atoms with Gasteiger partial charge in [0.05, 0.1) is 7.11 Å². The van der Waals surface area contributed by atoms with Crippen LogP contribution in [0.15, 0.2) is 48.5 Å². The zero-order valence-electron chi connectivity index (χ0n) is 10.4. The van der Waals surface area contributed by atoms with Crippen LogP contribution in [0.4, 0.5) is 0 Å². The van der Waals surface area contributed by atoms with Gasteiger partial charge in [-0.15, -0.1) is 0 Å². The van der Waals surface area contributed by atoms with Crippen LogP contribution in [-0.4, -0.2) is 19.5 Å². The largest absolute Gasteiger partial charge is 0.497 e. The number of carbonyl (C=O) groups excluding carboxylic acids is 1. The van der Waals surface area contributed by atoms with Crippen molar-refractivity contribution in [1.29, 1.82) is 0 Å². The van der Waals surface area contributed by atoms with Crippen LogP contribution in [0.1, 0.15) is 10.4 Å². The average Bonchev–Trinajstić information content (AvgIpc) is 2.46. The highest BCUT2D eigenvalue weighted by Crippen LogP contribution is 2.15.